The van der Waals surface area contributed by atoms with Crippen LogP contribution in [0.2, 0.25) is 0 Å². The number of nitrogens with zero attached hydrogens (tertiary/aromatic N) is 2. The van der Waals surface area contributed by atoms with Crippen LogP contribution in [-0.4, -0.2) is 41.5 Å². The Morgan fingerprint density at radius 3 is 2.57 bits per heavy atom. The van der Waals surface area contributed by atoms with E-state index in [0.717, 1.165) is 5.56 Å². The van der Waals surface area contributed by atoms with Gasteiger partial charge in [0.15, 0.2) is 5.89 Å². The predicted molar refractivity (Wildman–Crippen MR) is 85.2 cm³/mol. The molecule has 0 amide bonds. The molecule has 2 aromatic rings. The molecule has 1 aromatic carbocycles. The molecular weight excluding hydrogens is 316 g/mol. The summed E-state index contributed by atoms with van der Waals surface area (Å²) >= 11 is 0. The highest BCUT2D eigenvalue weighted by Crippen LogP contribution is 2.31. The first-order valence-electron chi connectivity index (χ1n) is 7.20. The Hall–Kier alpha value is -1.96. The molecule has 0 saturated carbocycles. The maximum atomic E-state index is 12.5. The van der Waals surface area contributed by atoms with Crippen molar-refractivity contribution in [2.24, 2.45) is 0 Å². The van der Waals surface area contributed by atoms with Gasteiger partial charge in [-0.3, -0.25) is 0 Å². The van der Waals surface area contributed by atoms with E-state index in [1.165, 1.54) is 10.6 Å². The van der Waals surface area contributed by atoms with Crippen molar-refractivity contribution in [1.82, 2.24) is 9.29 Å². The molecule has 1 aromatic heterocycles. The summed E-state index contributed by atoms with van der Waals surface area (Å²) in [5.74, 6) is 0.554. The number of benzene rings is 1. The molecule has 1 aliphatic rings. The van der Waals surface area contributed by atoms with Gasteiger partial charge in [0, 0.05) is 25.6 Å². The van der Waals surface area contributed by atoms with E-state index in [2.05, 4.69) is 11.6 Å². The summed E-state index contributed by atoms with van der Waals surface area (Å²) in [6.07, 6.45) is 3.51. The lowest BCUT2D eigenvalue weighted by molar-refractivity contribution is -0.0560. The summed E-state index contributed by atoms with van der Waals surface area (Å²) < 4.78 is 31.4. The van der Waals surface area contributed by atoms with Crippen LogP contribution in [0.1, 0.15) is 12.3 Å². The highest BCUT2D eigenvalue weighted by atomic mass is 32.2. The van der Waals surface area contributed by atoms with Crippen LogP contribution in [0.4, 0.5) is 0 Å². The maximum Gasteiger partial charge on any atom is 0.243 e. The van der Waals surface area contributed by atoms with E-state index in [0.29, 0.717) is 18.0 Å². The van der Waals surface area contributed by atoms with Crippen molar-refractivity contribution < 1.29 is 17.9 Å². The molecule has 1 N–H and O–H groups in total. The first-order valence-corrected chi connectivity index (χ1v) is 8.64. The van der Waals surface area contributed by atoms with E-state index < -0.39 is 15.6 Å². The zero-order chi connectivity index (χ0) is 16.7. The fourth-order valence-electron chi connectivity index (χ4n) is 2.62. The fourth-order valence-corrected chi connectivity index (χ4v) is 4.22. The second-order valence-electron chi connectivity index (χ2n) is 5.77. The van der Waals surface area contributed by atoms with Crippen LogP contribution >= 0.6 is 0 Å². The summed E-state index contributed by atoms with van der Waals surface area (Å²) in [5, 5.41) is 10.1. The Morgan fingerprint density at radius 1 is 1.39 bits per heavy atom. The Bertz CT molecular complexity index is 818. The predicted octanol–water partition coefficient (Wildman–Crippen LogP) is 1.96. The van der Waals surface area contributed by atoms with E-state index in [4.69, 9.17) is 4.42 Å². The molecule has 0 unspecified atom stereocenters. The molecule has 0 spiro atoms. The van der Waals surface area contributed by atoms with Crippen molar-refractivity contribution in [2.75, 3.05) is 13.1 Å². The molecule has 0 aliphatic carbocycles. The summed E-state index contributed by atoms with van der Waals surface area (Å²) in [5.41, 5.74) is 0.454. The van der Waals surface area contributed by atoms with Crippen molar-refractivity contribution in [3.8, 4) is 11.3 Å². The zero-order valence-corrected chi connectivity index (χ0v) is 13.6. The van der Waals surface area contributed by atoms with Crippen LogP contribution in [-0.2, 0) is 10.0 Å². The van der Waals surface area contributed by atoms with Crippen LogP contribution < -0.4 is 0 Å². The molecule has 0 radical (unpaired) electrons. The summed E-state index contributed by atoms with van der Waals surface area (Å²) in [6, 6.07) is 6.47. The van der Waals surface area contributed by atoms with Crippen molar-refractivity contribution in [1.29, 1.82) is 0 Å². The third-order valence-corrected chi connectivity index (χ3v) is 5.68. The van der Waals surface area contributed by atoms with Gasteiger partial charge in [0.2, 0.25) is 10.0 Å². The minimum atomic E-state index is -3.59. The van der Waals surface area contributed by atoms with E-state index >= 15 is 0 Å². The SMILES string of the molecule is C=CCC1(O)CN(S(=O)(=O)c2ccc(-c3coc(C)n3)cc2)C1. The van der Waals surface area contributed by atoms with Gasteiger partial charge in [-0.15, -0.1) is 6.58 Å². The Morgan fingerprint density at radius 2 is 2.04 bits per heavy atom. The molecular formula is C16H18N2O4S. The van der Waals surface area contributed by atoms with Crippen molar-refractivity contribution in [3.63, 3.8) is 0 Å². The van der Waals surface area contributed by atoms with Gasteiger partial charge in [-0.2, -0.15) is 4.31 Å². The summed E-state index contributed by atoms with van der Waals surface area (Å²) in [6.45, 7) is 5.50. The molecule has 7 heteroatoms. The highest BCUT2D eigenvalue weighted by Gasteiger charge is 2.46. The fraction of sp³-hybridized carbons (Fsp3) is 0.312. The van der Waals surface area contributed by atoms with E-state index in [9.17, 15) is 13.5 Å². The van der Waals surface area contributed by atoms with Gasteiger partial charge in [0.1, 0.15) is 12.0 Å². The van der Waals surface area contributed by atoms with Gasteiger partial charge in [-0.1, -0.05) is 18.2 Å². The normalized spacial score (nSPS) is 17.7. The minimum Gasteiger partial charge on any atom is -0.449 e. The number of aromatic nitrogens is 1. The molecule has 1 aliphatic heterocycles. The van der Waals surface area contributed by atoms with Crippen LogP contribution in [0, 0.1) is 6.92 Å². The third kappa shape index (κ3) is 2.95. The molecule has 2 heterocycles. The number of hydrogen-bond donors (Lipinski definition) is 1. The number of β-amino-alcohol motifs (C(OH)–C–C–N with tert-alkyl or cyclic N) is 1. The Balaban J connectivity index is 1.78. The monoisotopic (exact) mass is 334 g/mol. The zero-order valence-electron chi connectivity index (χ0n) is 12.8. The first kappa shape index (κ1) is 15.9. The quantitative estimate of drug-likeness (QED) is 0.845. The highest BCUT2D eigenvalue weighted by molar-refractivity contribution is 7.89. The first-order chi connectivity index (χ1) is 10.8. The van der Waals surface area contributed by atoms with Crippen LogP contribution in [0.25, 0.3) is 11.3 Å². The van der Waals surface area contributed by atoms with E-state index in [-0.39, 0.29) is 18.0 Å². The van der Waals surface area contributed by atoms with Crippen molar-refractivity contribution in [3.05, 3.63) is 49.1 Å². The van der Waals surface area contributed by atoms with Gasteiger partial charge in [0.05, 0.1) is 10.5 Å². The van der Waals surface area contributed by atoms with Gasteiger partial charge < -0.3 is 9.52 Å². The summed E-state index contributed by atoms with van der Waals surface area (Å²) in [7, 11) is -3.59. The lowest BCUT2D eigenvalue weighted by atomic mass is 9.93. The molecule has 3 rings (SSSR count). The minimum absolute atomic E-state index is 0.0889. The van der Waals surface area contributed by atoms with Crippen molar-refractivity contribution in [2.45, 2.75) is 23.8 Å². The van der Waals surface area contributed by atoms with Crippen LogP contribution in [0.15, 0.2) is 52.5 Å². The third-order valence-electron chi connectivity index (χ3n) is 3.87. The number of oxazole rings is 1. The largest absolute Gasteiger partial charge is 0.449 e. The topological polar surface area (TPSA) is 83.6 Å². The molecule has 6 nitrogen and oxygen atoms in total. The molecule has 122 valence electrons. The Labute approximate surface area is 135 Å². The second kappa shape index (κ2) is 5.59. The molecule has 1 fully saturated rings. The van der Waals surface area contributed by atoms with Crippen LogP contribution in [0.5, 0.6) is 0 Å². The number of rotatable bonds is 5. The lowest BCUT2D eigenvalue weighted by Gasteiger charge is -2.44. The standard InChI is InChI=1S/C16H18N2O4S/c1-3-8-16(19)10-18(11-16)23(20,21)14-6-4-13(5-7-14)15-9-22-12(2)17-15/h3-7,9,19H,1,8,10-11H2,2H3. The van der Waals surface area contributed by atoms with Gasteiger partial charge in [0.25, 0.3) is 0 Å². The molecule has 0 bridgehead atoms. The molecule has 23 heavy (non-hydrogen) atoms. The average Bonchev–Trinajstić information content (AvgIpc) is 2.91. The Kier molecular flexibility index (Phi) is 3.87. The van der Waals surface area contributed by atoms with E-state index in [1.54, 1.807) is 37.3 Å². The number of sulfonamides is 1. The number of hydrogen-bond acceptors (Lipinski definition) is 5. The number of aliphatic hydroxyl groups is 1. The molecule has 0 atom stereocenters. The molecule has 1 saturated heterocycles. The van der Waals surface area contributed by atoms with Crippen molar-refractivity contribution >= 4 is 10.0 Å². The number of aryl methyl sites for hydroxylation is 1. The second-order valence-corrected chi connectivity index (χ2v) is 7.70. The maximum absolute atomic E-state index is 12.5. The summed E-state index contributed by atoms with van der Waals surface area (Å²) in [4.78, 5) is 4.40. The van der Waals surface area contributed by atoms with Crippen LogP contribution in [0.3, 0.4) is 0 Å². The smallest absolute Gasteiger partial charge is 0.243 e. The average molecular weight is 334 g/mol. The van der Waals surface area contributed by atoms with E-state index in [1.807, 2.05) is 0 Å². The van der Waals surface area contributed by atoms with Gasteiger partial charge in [-0.25, -0.2) is 13.4 Å². The van der Waals surface area contributed by atoms with Gasteiger partial charge in [-0.05, 0) is 18.6 Å². The lowest BCUT2D eigenvalue weighted by Crippen LogP contribution is -2.62. The van der Waals surface area contributed by atoms with Gasteiger partial charge >= 0.3 is 0 Å².